The first-order chi connectivity index (χ1) is 12.6. The molecule has 2 aliphatic carbocycles. The number of hydrogen-bond donors (Lipinski definition) is 4. The van der Waals surface area contributed by atoms with Crippen LogP contribution in [0.3, 0.4) is 0 Å². The molecule has 0 spiro atoms. The van der Waals surface area contributed by atoms with Crippen molar-refractivity contribution in [3.63, 3.8) is 0 Å². The fourth-order valence-electron chi connectivity index (χ4n) is 3.93. The van der Waals surface area contributed by atoms with E-state index in [1.165, 1.54) is 6.20 Å². The summed E-state index contributed by atoms with van der Waals surface area (Å²) in [5.41, 5.74) is 5.80. The maximum absolute atomic E-state index is 11.7. The normalized spacial score (nSPS) is 28.7. The molecule has 26 heavy (non-hydrogen) atoms. The third-order valence-corrected chi connectivity index (χ3v) is 5.54. The van der Waals surface area contributed by atoms with E-state index < -0.39 is 5.91 Å². The van der Waals surface area contributed by atoms with Gasteiger partial charge in [-0.25, -0.2) is 4.98 Å². The molecule has 5 N–H and O–H groups in total. The van der Waals surface area contributed by atoms with Crippen LogP contribution in [0.2, 0.25) is 0 Å². The number of nitrogens with two attached hydrogens (primary N) is 1. The fraction of sp³-hybridized carbons (Fsp3) is 0.722. The maximum Gasteiger partial charge on any atom is 0.254 e. The average molecular weight is 363 g/mol. The van der Waals surface area contributed by atoms with E-state index in [-0.39, 0.29) is 18.7 Å². The summed E-state index contributed by atoms with van der Waals surface area (Å²) in [5, 5.41) is 16.0. The largest absolute Gasteiger partial charge is 0.396 e. The summed E-state index contributed by atoms with van der Waals surface area (Å²) >= 11 is 0. The molecule has 1 aromatic heterocycles. The van der Waals surface area contributed by atoms with Crippen molar-refractivity contribution in [3.05, 3.63) is 11.8 Å². The van der Waals surface area contributed by atoms with Crippen LogP contribution in [0.5, 0.6) is 0 Å². The Morgan fingerprint density at radius 1 is 1.23 bits per heavy atom. The van der Waals surface area contributed by atoms with Gasteiger partial charge in [-0.05, 0) is 50.9 Å². The van der Waals surface area contributed by atoms with Gasteiger partial charge in [0.1, 0.15) is 5.82 Å². The number of aliphatic hydroxyl groups is 1. The molecule has 0 saturated heterocycles. The van der Waals surface area contributed by atoms with Gasteiger partial charge in [0.05, 0.1) is 11.7 Å². The lowest BCUT2D eigenvalue weighted by molar-refractivity contribution is 0.0681. The van der Waals surface area contributed by atoms with Crippen LogP contribution in [0.1, 0.15) is 55.3 Å². The molecule has 2 aliphatic rings. The number of aliphatic hydroxyl groups excluding tert-OH is 1. The van der Waals surface area contributed by atoms with Crippen LogP contribution in [0.15, 0.2) is 6.20 Å². The van der Waals surface area contributed by atoms with Crippen LogP contribution in [0, 0.1) is 5.92 Å². The molecule has 1 heterocycles. The van der Waals surface area contributed by atoms with Gasteiger partial charge in [-0.15, -0.1) is 0 Å². The number of anilines is 2. The summed E-state index contributed by atoms with van der Waals surface area (Å²) in [6.45, 7) is 0.219. The summed E-state index contributed by atoms with van der Waals surface area (Å²) in [6, 6.07) is 0.490. The van der Waals surface area contributed by atoms with Crippen molar-refractivity contribution in [2.75, 3.05) is 24.4 Å². The third-order valence-electron chi connectivity index (χ3n) is 5.54. The van der Waals surface area contributed by atoms with Crippen molar-refractivity contribution in [2.24, 2.45) is 11.7 Å². The highest BCUT2D eigenvalue weighted by Crippen LogP contribution is 2.28. The molecule has 0 radical (unpaired) electrons. The van der Waals surface area contributed by atoms with Gasteiger partial charge in [0.15, 0.2) is 0 Å². The first kappa shape index (κ1) is 18.8. The van der Waals surface area contributed by atoms with Gasteiger partial charge < -0.3 is 26.2 Å². The zero-order valence-electron chi connectivity index (χ0n) is 15.3. The zero-order chi connectivity index (χ0) is 18.5. The second kappa shape index (κ2) is 8.64. The molecule has 2 atom stereocenters. The predicted molar refractivity (Wildman–Crippen MR) is 99.1 cm³/mol. The molecule has 144 valence electrons. The van der Waals surface area contributed by atoms with E-state index in [0.29, 0.717) is 29.4 Å². The van der Waals surface area contributed by atoms with Crippen LogP contribution in [-0.4, -0.2) is 52.9 Å². The Morgan fingerprint density at radius 3 is 2.58 bits per heavy atom. The molecule has 0 aliphatic heterocycles. The van der Waals surface area contributed by atoms with Crippen molar-refractivity contribution in [3.8, 4) is 0 Å². The van der Waals surface area contributed by atoms with Crippen molar-refractivity contribution in [2.45, 2.75) is 63.1 Å². The van der Waals surface area contributed by atoms with Crippen LogP contribution in [0.25, 0.3) is 0 Å². The van der Waals surface area contributed by atoms with Crippen LogP contribution >= 0.6 is 0 Å². The third kappa shape index (κ3) is 4.62. The summed E-state index contributed by atoms with van der Waals surface area (Å²) < 4.78 is 5.41. The monoisotopic (exact) mass is 363 g/mol. The van der Waals surface area contributed by atoms with Gasteiger partial charge in [-0.2, -0.15) is 4.98 Å². The zero-order valence-corrected chi connectivity index (χ0v) is 15.3. The molecule has 0 unspecified atom stereocenters. The second-order valence-corrected chi connectivity index (χ2v) is 7.38. The topological polar surface area (TPSA) is 122 Å². The van der Waals surface area contributed by atoms with Crippen molar-refractivity contribution < 1.29 is 14.6 Å². The number of primary amides is 1. The minimum absolute atomic E-state index is 0.219. The lowest BCUT2D eigenvalue weighted by atomic mass is 9.93. The number of nitrogens with one attached hydrogen (secondary N) is 2. The van der Waals surface area contributed by atoms with E-state index >= 15 is 0 Å². The number of amides is 1. The summed E-state index contributed by atoms with van der Waals surface area (Å²) in [4.78, 5) is 20.5. The van der Waals surface area contributed by atoms with Crippen molar-refractivity contribution in [1.29, 1.82) is 0 Å². The molecular weight excluding hydrogens is 334 g/mol. The van der Waals surface area contributed by atoms with Gasteiger partial charge >= 0.3 is 0 Å². The highest BCUT2D eigenvalue weighted by molar-refractivity contribution is 5.97. The number of nitrogens with zero attached hydrogens (tertiary/aromatic N) is 2. The van der Waals surface area contributed by atoms with Gasteiger partial charge in [-0.3, -0.25) is 4.79 Å². The fourth-order valence-corrected chi connectivity index (χ4v) is 3.93. The van der Waals surface area contributed by atoms with E-state index in [4.69, 9.17) is 10.5 Å². The Hall–Kier alpha value is -1.93. The lowest BCUT2D eigenvalue weighted by Crippen LogP contribution is -2.31. The number of carbonyl (C=O) groups is 1. The van der Waals surface area contributed by atoms with E-state index in [2.05, 4.69) is 20.6 Å². The Balaban J connectivity index is 1.67. The quantitative estimate of drug-likeness (QED) is 0.579. The van der Waals surface area contributed by atoms with Gasteiger partial charge in [0.25, 0.3) is 5.91 Å². The summed E-state index contributed by atoms with van der Waals surface area (Å²) in [7, 11) is 1.75. The van der Waals surface area contributed by atoms with Crippen molar-refractivity contribution in [1.82, 2.24) is 9.97 Å². The number of aromatic nitrogens is 2. The van der Waals surface area contributed by atoms with Gasteiger partial charge in [-0.1, -0.05) is 0 Å². The molecule has 0 aromatic carbocycles. The molecule has 8 nitrogen and oxygen atoms in total. The molecule has 0 bridgehead atoms. The number of methoxy groups -OCH3 is 1. The molecule has 2 saturated carbocycles. The van der Waals surface area contributed by atoms with Crippen molar-refractivity contribution >= 4 is 17.7 Å². The minimum atomic E-state index is -0.536. The highest BCUT2D eigenvalue weighted by atomic mass is 16.5. The van der Waals surface area contributed by atoms with Gasteiger partial charge in [0, 0.05) is 32.0 Å². The number of ether oxygens (including phenoxy) is 1. The predicted octanol–water partition coefficient (Wildman–Crippen LogP) is 1.52. The Labute approximate surface area is 153 Å². The molecular formula is C18H29N5O3. The van der Waals surface area contributed by atoms with Gasteiger partial charge in [0.2, 0.25) is 5.95 Å². The summed E-state index contributed by atoms with van der Waals surface area (Å²) in [6.07, 6.45) is 8.59. The summed E-state index contributed by atoms with van der Waals surface area (Å²) in [5.74, 6) is 0.788. The van der Waals surface area contributed by atoms with Crippen LogP contribution in [0.4, 0.5) is 11.8 Å². The standard InChI is InChI=1S/C18H29N5O3/c1-26-14-6-4-12(5-7-14)21-17-15(16(19)25)9-20-18(23-17)22-13-3-2-11(8-13)10-24/h9,11-14,24H,2-8,10H2,1H3,(H2,19,25)(H2,20,21,22,23)/t11-,12-,13-,14-/m1/s1. The molecule has 2 fully saturated rings. The molecule has 1 amide bonds. The Bertz CT molecular complexity index is 619. The molecule has 3 rings (SSSR count). The average Bonchev–Trinajstić information content (AvgIpc) is 3.10. The first-order valence-electron chi connectivity index (χ1n) is 9.42. The highest BCUT2D eigenvalue weighted by Gasteiger charge is 2.26. The second-order valence-electron chi connectivity index (χ2n) is 7.38. The van der Waals surface area contributed by atoms with Crippen LogP contribution < -0.4 is 16.4 Å². The van der Waals surface area contributed by atoms with E-state index in [1.54, 1.807) is 7.11 Å². The smallest absolute Gasteiger partial charge is 0.254 e. The number of hydrogen-bond acceptors (Lipinski definition) is 7. The minimum Gasteiger partial charge on any atom is -0.396 e. The number of rotatable bonds is 7. The van der Waals surface area contributed by atoms with Crippen LogP contribution in [-0.2, 0) is 4.74 Å². The van der Waals surface area contributed by atoms with E-state index in [0.717, 1.165) is 44.9 Å². The number of carbonyl (C=O) groups excluding carboxylic acids is 1. The Morgan fingerprint density at radius 2 is 1.96 bits per heavy atom. The molecule has 8 heteroatoms. The van der Waals surface area contributed by atoms with E-state index in [9.17, 15) is 9.90 Å². The van der Waals surface area contributed by atoms with E-state index in [1.807, 2.05) is 0 Å². The molecule has 1 aromatic rings. The SMILES string of the molecule is CO[C@H]1CC[C@H](Nc2nc(N[C@@H]3CC[C@@H](CO)C3)ncc2C(N)=O)CC1. The Kier molecular flexibility index (Phi) is 6.26. The maximum atomic E-state index is 11.7. The first-order valence-corrected chi connectivity index (χ1v) is 9.42. The lowest BCUT2D eigenvalue weighted by Gasteiger charge is -2.29.